The molecule has 0 aromatic rings. The first-order chi connectivity index (χ1) is 9.59. The first-order valence-electron chi connectivity index (χ1n) is 9.27. The average Bonchev–Trinajstić information content (AvgIpc) is 2.63. The van der Waals surface area contributed by atoms with E-state index in [1.807, 2.05) is 0 Å². The van der Waals surface area contributed by atoms with E-state index in [1.165, 1.54) is 77.0 Å². The minimum absolute atomic E-state index is 0.0193. The molecule has 4 bridgehead atoms. The lowest BCUT2D eigenvalue weighted by atomic mass is 9.42. The second kappa shape index (κ2) is 4.73. The topological polar surface area (TPSA) is 20.2 Å². The van der Waals surface area contributed by atoms with Crippen molar-refractivity contribution in [2.24, 2.45) is 28.6 Å². The molecule has 5 rings (SSSR count). The maximum atomic E-state index is 11.3. The van der Waals surface area contributed by atoms with Crippen LogP contribution in [0.25, 0.3) is 0 Å². The van der Waals surface area contributed by atoms with Gasteiger partial charge in [0.05, 0.1) is 6.10 Å². The molecule has 1 nitrogen and oxygen atoms in total. The zero-order valence-corrected chi connectivity index (χ0v) is 13.2. The molecule has 114 valence electrons. The van der Waals surface area contributed by atoms with E-state index in [2.05, 4.69) is 6.92 Å². The summed E-state index contributed by atoms with van der Waals surface area (Å²) in [6.45, 7) is 2.53. The number of aliphatic hydroxyl groups excluding tert-OH is 1. The van der Waals surface area contributed by atoms with E-state index in [1.54, 1.807) is 0 Å². The quantitative estimate of drug-likeness (QED) is 0.709. The van der Waals surface area contributed by atoms with Crippen molar-refractivity contribution in [2.45, 2.75) is 90.1 Å². The minimum Gasteiger partial charge on any atom is -0.392 e. The SMILES string of the molecule is CC12CC3CC(C1)CC(C(O)C1CCCCCC1)(C3)C2. The standard InChI is InChI=1S/C19H32O/c1-18-9-14-8-15(10-18)12-19(11-14,13-18)17(20)16-6-4-2-3-5-7-16/h14-17,20H,2-13H2,1H3. The zero-order chi connectivity index (χ0) is 13.8. The highest BCUT2D eigenvalue weighted by atomic mass is 16.3. The van der Waals surface area contributed by atoms with Gasteiger partial charge in [-0.25, -0.2) is 0 Å². The largest absolute Gasteiger partial charge is 0.392 e. The molecule has 20 heavy (non-hydrogen) atoms. The fraction of sp³-hybridized carbons (Fsp3) is 1.00. The Bertz CT molecular complexity index is 352. The molecular weight excluding hydrogens is 244 g/mol. The Kier molecular flexibility index (Phi) is 3.22. The molecule has 0 spiro atoms. The average molecular weight is 276 g/mol. The van der Waals surface area contributed by atoms with Gasteiger partial charge in [-0.1, -0.05) is 32.6 Å². The fourth-order valence-electron chi connectivity index (χ4n) is 7.27. The zero-order valence-electron chi connectivity index (χ0n) is 13.2. The lowest BCUT2D eigenvalue weighted by molar-refractivity contribution is -0.168. The second-order valence-corrected chi connectivity index (χ2v) is 9.33. The second-order valence-electron chi connectivity index (χ2n) is 9.33. The Balaban J connectivity index is 1.57. The molecule has 1 N–H and O–H groups in total. The van der Waals surface area contributed by atoms with Gasteiger partial charge >= 0.3 is 0 Å². The van der Waals surface area contributed by atoms with Gasteiger partial charge in [0, 0.05) is 0 Å². The summed E-state index contributed by atoms with van der Waals surface area (Å²) in [7, 11) is 0. The van der Waals surface area contributed by atoms with Crippen LogP contribution < -0.4 is 0 Å². The van der Waals surface area contributed by atoms with E-state index in [-0.39, 0.29) is 6.10 Å². The number of hydrogen-bond acceptors (Lipinski definition) is 1. The highest BCUT2D eigenvalue weighted by Gasteiger charge is 2.59. The Hall–Kier alpha value is -0.0400. The first-order valence-corrected chi connectivity index (χ1v) is 9.27. The Morgan fingerprint density at radius 1 is 0.900 bits per heavy atom. The molecule has 0 radical (unpaired) electrons. The van der Waals surface area contributed by atoms with Crippen molar-refractivity contribution in [3.05, 3.63) is 0 Å². The summed E-state index contributed by atoms with van der Waals surface area (Å²) in [5, 5.41) is 11.3. The van der Waals surface area contributed by atoms with Gasteiger partial charge in [-0.15, -0.1) is 0 Å². The summed E-state index contributed by atoms with van der Waals surface area (Å²) in [5.41, 5.74) is 0.906. The van der Waals surface area contributed by atoms with Crippen LogP contribution in [0.3, 0.4) is 0 Å². The normalized spacial score (nSPS) is 50.1. The molecule has 5 saturated carbocycles. The van der Waals surface area contributed by atoms with Crippen LogP contribution in [0.5, 0.6) is 0 Å². The molecule has 0 aromatic heterocycles. The van der Waals surface area contributed by atoms with Gasteiger partial charge in [0.1, 0.15) is 0 Å². The Morgan fingerprint density at radius 3 is 2.05 bits per heavy atom. The molecule has 0 heterocycles. The van der Waals surface area contributed by atoms with Crippen LogP contribution in [0.2, 0.25) is 0 Å². The van der Waals surface area contributed by atoms with Gasteiger partial charge in [0.2, 0.25) is 0 Å². The number of aliphatic hydroxyl groups is 1. The number of hydrogen-bond donors (Lipinski definition) is 1. The van der Waals surface area contributed by atoms with Gasteiger partial charge in [0.25, 0.3) is 0 Å². The molecular formula is C19H32O. The molecule has 5 aliphatic carbocycles. The van der Waals surface area contributed by atoms with E-state index in [0.29, 0.717) is 16.7 Å². The molecule has 1 heteroatoms. The van der Waals surface area contributed by atoms with Crippen molar-refractivity contribution >= 4 is 0 Å². The molecule has 0 saturated heterocycles. The molecule has 0 amide bonds. The minimum atomic E-state index is 0.0193. The Morgan fingerprint density at radius 2 is 1.50 bits per heavy atom. The molecule has 0 aliphatic heterocycles. The van der Waals surface area contributed by atoms with Gasteiger partial charge < -0.3 is 5.11 Å². The first kappa shape index (κ1) is 13.6. The van der Waals surface area contributed by atoms with Crippen molar-refractivity contribution in [2.75, 3.05) is 0 Å². The highest BCUT2D eigenvalue weighted by molar-refractivity contribution is 5.09. The van der Waals surface area contributed by atoms with Crippen molar-refractivity contribution < 1.29 is 5.11 Å². The summed E-state index contributed by atoms with van der Waals surface area (Å²) in [4.78, 5) is 0. The van der Waals surface area contributed by atoms with Crippen molar-refractivity contribution in [1.82, 2.24) is 0 Å². The van der Waals surface area contributed by atoms with E-state index in [0.717, 1.165) is 11.8 Å². The lowest BCUT2D eigenvalue weighted by Gasteiger charge is -2.63. The summed E-state index contributed by atoms with van der Waals surface area (Å²) in [5.74, 6) is 2.51. The Labute approximate surface area is 124 Å². The smallest absolute Gasteiger partial charge is 0.0624 e. The van der Waals surface area contributed by atoms with Crippen LogP contribution in [0.4, 0.5) is 0 Å². The van der Waals surface area contributed by atoms with Crippen LogP contribution in [-0.2, 0) is 0 Å². The molecule has 5 aliphatic rings. The van der Waals surface area contributed by atoms with Gasteiger partial charge in [-0.2, -0.15) is 0 Å². The lowest BCUT2D eigenvalue weighted by Crippen LogP contribution is -2.56. The summed E-state index contributed by atoms with van der Waals surface area (Å²) in [6.07, 6.45) is 16.6. The van der Waals surface area contributed by atoms with Crippen LogP contribution in [0.15, 0.2) is 0 Å². The van der Waals surface area contributed by atoms with Crippen molar-refractivity contribution in [3.8, 4) is 0 Å². The van der Waals surface area contributed by atoms with Crippen LogP contribution >= 0.6 is 0 Å². The number of rotatable bonds is 2. The van der Waals surface area contributed by atoms with Crippen molar-refractivity contribution in [3.63, 3.8) is 0 Å². The van der Waals surface area contributed by atoms with E-state index in [9.17, 15) is 5.11 Å². The molecule has 3 atom stereocenters. The summed E-state index contributed by atoms with van der Waals surface area (Å²) in [6, 6.07) is 0. The van der Waals surface area contributed by atoms with E-state index < -0.39 is 0 Å². The van der Waals surface area contributed by atoms with Gasteiger partial charge in [-0.05, 0) is 80.0 Å². The van der Waals surface area contributed by atoms with Crippen LogP contribution in [0, 0.1) is 28.6 Å². The monoisotopic (exact) mass is 276 g/mol. The maximum absolute atomic E-state index is 11.3. The fourth-order valence-corrected chi connectivity index (χ4v) is 7.27. The molecule has 3 unspecified atom stereocenters. The van der Waals surface area contributed by atoms with E-state index in [4.69, 9.17) is 0 Å². The van der Waals surface area contributed by atoms with Gasteiger partial charge in [0.15, 0.2) is 0 Å². The third-order valence-corrected chi connectivity index (χ3v) is 7.37. The maximum Gasteiger partial charge on any atom is 0.0624 e. The summed E-state index contributed by atoms with van der Waals surface area (Å²) >= 11 is 0. The van der Waals surface area contributed by atoms with Crippen molar-refractivity contribution in [1.29, 1.82) is 0 Å². The van der Waals surface area contributed by atoms with Crippen LogP contribution in [0.1, 0.15) is 84.0 Å². The molecule has 0 aromatic carbocycles. The van der Waals surface area contributed by atoms with Crippen LogP contribution in [-0.4, -0.2) is 11.2 Å². The highest BCUT2D eigenvalue weighted by Crippen LogP contribution is 2.67. The predicted molar refractivity (Wildman–Crippen MR) is 82.4 cm³/mol. The predicted octanol–water partition coefficient (Wildman–Crippen LogP) is 4.92. The summed E-state index contributed by atoms with van der Waals surface area (Å²) < 4.78 is 0. The third-order valence-electron chi connectivity index (χ3n) is 7.37. The molecule has 5 fully saturated rings. The van der Waals surface area contributed by atoms with Gasteiger partial charge in [-0.3, -0.25) is 0 Å². The van der Waals surface area contributed by atoms with E-state index >= 15 is 0 Å². The third kappa shape index (κ3) is 2.16.